The van der Waals surface area contributed by atoms with Gasteiger partial charge in [-0.05, 0) is 26.3 Å². The number of aryl methyl sites for hydroxylation is 1. The van der Waals surface area contributed by atoms with Crippen molar-refractivity contribution in [3.05, 3.63) is 53.4 Å². The third-order valence-electron chi connectivity index (χ3n) is 4.89. The summed E-state index contributed by atoms with van der Waals surface area (Å²) < 4.78 is 11.1. The van der Waals surface area contributed by atoms with Gasteiger partial charge < -0.3 is 9.05 Å². The van der Waals surface area contributed by atoms with E-state index in [1.54, 1.807) is 0 Å². The largest absolute Gasteiger partial charge is 0.359 e. The van der Waals surface area contributed by atoms with E-state index in [4.69, 9.17) is 9.05 Å². The summed E-state index contributed by atoms with van der Waals surface area (Å²) in [6.45, 7) is 7.91. The number of benzene rings is 1. The highest BCUT2D eigenvalue weighted by atomic mass is 16.5. The first-order chi connectivity index (χ1) is 12.6. The summed E-state index contributed by atoms with van der Waals surface area (Å²) in [4.78, 5) is 6.91. The fourth-order valence-electron chi connectivity index (χ4n) is 3.36. The van der Waals surface area contributed by atoms with Gasteiger partial charge in [0.2, 0.25) is 5.89 Å². The lowest BCUT2D eigenvalue weighted by Gasteiger charge is -2.19. The number of rotatable bonds is 5. The molecule has 4 rings (SSSR count). The van der Waals surface area contributed by atoms with Gasteiger partial charge in [0.25, 0.3) is 0 Å². The van der Waals surface area contributed by atoms with Gasteiger partial charge in [0, 0.05) is 17.5 Å². The summed E-state index contributed by atoms with van der Waals surface area (Å²) in [7, 11) is 0. The molecule has 1 aromatic carbocycles. The number of hydrogen-bond donors (Lipinski definition) is 0. The van der Waals surface area contributed by atoms with Crippen molar-refractivity contribution in [1.29, 1.82) is 0 Å². The molecule has 6 heteroatoms. The van der Waals surface area contributed by atoms with Gasteiger partial charge >= 0.3 is 0 Å². The maximum absolute atomic E-state index is 5.58. The van der Waals surface area contributed by atoms with Gasteiger partial charge in [0.1, 0.15) is 5.69 Å². The molecule has 2 aromatic heterocycles. The zero-order chi connectivity index (χ0) is 18.1. The molecule has 0 radical (unpaired) electrons. The normalized spacial score (nSPS) is 18.1. The Morgan fingerprint density at radius 3 is 2.69 bits per heavy atom. The molecule has 0 bridgehead atoms. The van der Waals surface area contributed by atoms with E-state index in [2.05, 4.69) is 65.2 Å². The predicted molar refractivity (Wildman–Crippen MR) is 97.4 cm³/mol. The Hall–Kier alpha value is -2.47. The second kappa shape index (κ2) is 7.03. The molecule has 0 aliphatic carbocycles. The van der Waals surface area contributed by atoms with Crippen LogP contribution in [0.5, 0.6) is 0 Å². The standard InChI is InChI=1S/C20H24N4O2/c1-13(2)19-21-20(26-23-19)18-5-4-10-24(18)12-16-11-17(22-25-16)15-8-6-14(3)7-9-15/h6-9,11,13,18H,4-5,10,12H2,1-3H3. The third-order valence-corrected chi connectivity index (χ3v) is 4.89. The van der Waals surface area contributed by atoms with Crippen molar-refractivity contribution in [2.45, 2.75) is 52.1 Å². The van der Waals surface area contributed by atoms with Gasteiger partial charge in [-0.25, -0.2) is 0 Å². The van der Waals surface area contributed by atoms with E-state index in [-0.39, 0.29) is 12.0 Å². The fourth-order valence-corrected chi connectivity index (χ4v) is 3.36. The molecule has 0 spiro atoms. The van der Waals surface area contributed by atoms with Crippen molar-refractivity contribution in [2.24, 2.45) is 0 Å². The number of likely N-dealkylation sites (tertiary alicyclic amines) is 1. The smallest absolute Gasteiger partial charge is 0.244 e. The molecular formula is C20H24N4O2. The Kier molecular flexibility index (Phi) is 4.59. The zero-order valence-electron chi connectivity index (χ0n) is 15.5. The molecular weight excluding hydrogens is 328 g/mol. The van der Waals surface area contributed by atoms with E-state index in [1.807, 2.05) is 6.07 Å². The van der Waals surface area contributed by atoms with Crippen molar-refractivity contribution >= 4 is 0 Å². The summed E-state index contributed by atoms with van der Waals surface area (Å²) in [6.07, 6.45) is 2.14. The maximum Gasteiger partial charge on any atom is 0.244 e. The van der Waals surface area contributed by atoms with E-state index in [0.717, 1.165) is 42.2 Å². The summed E-state index contributed by atoms with van der Waals surface area (Å²) in [5.41, 5.74) is 3.18. The Morgan fingerprint density at radius 1 is 1.15 bits per heavy atom. The molecule has 1 aliphatic heterocycles. The molecule has 3 heterocycles. The lowest BCUT2D eigenvalue weighted by Crippen LogP contribution is -2.22. The van der Waals surface area contributed by atoms with E-state index < -0.39 is 0 Å². The van der Waals surface area contributed by atoms with Gasteiger partial charge in [0.15, 0.2) is 11.6 Å². The Balaban J connectivity index is 1.48. The molecule has 26 heavy (non-hydrogen) atoms. The van der Waals surface area contributed by atoms with Crippen LogP contribution in [0.4, 0.5) is 0 Å². The molecule has 1 aliphatic rings. The minimum atomic E-state index is 0.155. The van der Waals surface area contributed by atoms with Crippen LogP contribution in [0, 0.1) is 6.92 Å². The van der Waals surface area contributed by atoms with Crippen LogP contribution in [0.2, 0.25) is 0 Å². The van der Waals surface area contributed by atoms with Crippen LogP contribution in [0.3, 0.4) is 0 Å². The Bertz CT molecular complexity index is 866. The van der Waals surface area contributed by atoms with Crippen LogP contribution in [0.1, 0.15) is 61.7 Å². The predicted octanol–water partition coefficient (Wildman–Crippen LogP) is 4.49. The van der Waals surface area contributed by atoms with Gasteiger partial charge in [-0.1, -0.05) is 54.0 Å². The first kappa shape index (κ1) is 17.0. The van der Waals surface area contributed by atoms with Crippen molar-refractivity contribution in [1.82, 2.24) is 20.2 Å². The average Bonchev–Trinajstić information content (AvgIpc) is 3.35. The van der Waals surface area contributed by atoms with E-state index >= 15 is 0 Å². The van der Waals surface area contributed by atoms with E-state index in [1.165, 1.54) is 5.56 Å². The summed E-state index contributed by atoms with van der Waals surface area (Å²) in [5.74, 6) is 2.61. The highest BCUT2D eigenvalue weighted by Crippen LogP contribution is 2.33. The fraction of sp³-hybridized carbons (Fsp3) is 0.450. The highest BCUT2D eigenvalue weighted by Gasteiger charge is 2.31. The topological polar surface area (TPSA) is 68.2 Å². The van der Waals surface area contributed by atoms with Gasteiger partial charge in [-0.3, -0.25) is 4.90 Å². The monoisotopic (exact) mass is 352 g/mol. The quantitative estimate of drug-likeness (QED) is 0.674. The molecule has 1 fully saturated rings. The summed E-state index contributed by atoms with van der Waals surface area (Å²) in [6, 6.07) is 10.5. The summed E-state index contributed by atoms with van der Waals surface area (Å²) >= 11 is 0. The van der Waals surface area contributed by atoms with Crippen LogP contribution < -0.4 is 0 Å². The van der Waals surface area contributed by atoms with Crippen molar-refractivity contribution in [3.63, 3.8) is 0 Å². The SMILES string of the molecule is Cc1ccc(-c2cc(CN3CCCC3c3nc(C(C)C)no3)on2)cc1. The molecule has 1 unspecified atom stereocenters. The van der Waals surface area contributed by atoms with Crippen LogP contribution in [0.25, 0.3) is 11.3 Å². The first-order valence-electron chi connectivity index (χ1n) is 9.20. The van der Waals surface area contributed by atoms with Crippen molar-refractivity contribution < 1.29 is 9.05 Å². The Labute approximate surface area is 153 Å². The van der Waals surface area contributed by atoms with Crippen LogP contribution in [-0.4, -0.2) is 26.7 Å². The lowest BCUT2D eigenvalue weighted by atomic mass is 10.1. The number of nitrogens with zero attached hydrogens (tertiary/aromatic N) is 4. The van der Waals surface area contributed by atoms with Crippen LogP contribution >= 0.6 is 0 Å². The molecule has 0 saturated carbocycles. The number of hydrogen-bond acceptors (Lipinski definition) is 6. The Morgan fingerprint density at radius 2 is 1.96 bits per heavy atom. The average molecular weight is 352 g/mol. The van der Waals surface area contributed by atoms with E-state index in [0.29, 0.717) is 12.4 Å². The molecule has 1 atom stereocenters. The van der Waals surface area contributed by atoms with Crippen LogP contribution in [-0.2, 0) is 6.54 Å². The lowest BCUT2D eigenvalue weighted by molar-refractivity contribution is 0.182. The molecule has 136 valence electrons. The molecule has 0 N–H and O–H groups in total. The second-order valence-electron chi connectivity index (χ2n) is 7.32. The molecule has 0 amide bonds. The molecule has 3 aromatic rings. The second-order valence-corrected chi connectivity index (χ2v) is 7.32. The van der Waals surface area contributed by atoms with Crippen LogP contribution in [0.15, 0.2) is 39.4 Å². The minimum Gasteiger partial charge on any atom is -0.359 e. The molecule has 6 nitrogen and oxygen atoms in total. The van der Waals surface area contributed by atoms with Gasteiger partial charge in [-0.2, -0.15) is 4.98 Å². The summed E-state index contributed by atoms with van der Waals surface area (Å²) in [5, 5.41) is 8.33. The van der Waals surface area contributed by atoms with Crippen molar-refractivity contribution in [2.75, 3.05) is 6.54 Å². The van der Waals surface area contributed by atoms with Gasteiger partial charge in [0.05, 0.1) is 12.6 Å². The minimum absolute atomic E-state index is 0.155. The van der Waals surface area contributed by atoms with Crippen molar-refractivity contribution in [3.8, 4) is 11.3 Å². The zero-order valence-corrected chi connectivity index (χ0v) is 15.5. The highest BCUT2D eigenvalue weighted by molar-refractivity contribution is 5.59. The first-order valence-corrected chi connectivity index (χ1v) is 9.20. The van der Waals surface area contributed by atoms with Gasteiger partial charge in [-0.15, -0.1) is 0 Å². The van der Waals surface area contributed by atoms with E-state index in [9.17, 15) is 0 Å². The third kappa shape index (κ3) is 3.42. The molecule has 1 saturated heterocycles. The number of aromatic nitrogens is 3. The maximum atomic E-state index is 5.58.